The van der Waals surface area contributed by atoms with E-state index >= 15 is 0 Å². The first kappa shape index (κ1) is 14.7. The second-order valence-corrected chi connectivity index (χ2v) is 5.56. The highest BCUT2D eigenvalue weighted by molar-refractivity contribution is 7.07. The highest BCUT2D eigenvalue weighted by Gasteiger charge is 2.23. The molecule has 1 heterocycles. The van der Waals surface area contributed by atoms with Gasteiger partial charge in [-0.3, -0.25) is 0 Å². The number of hydrogen-bond acceptors (Lipinski definition) is 3. The minimum Gasteiger partial charge on any atom is -0.380 e. The fraction of sp³-hybridized carbons (Fsp3) is 0.714. The number of ether oxygens (including phenoxy) is 1. The molecule has 0 amide bonds. The highest BCUT2D eigenvalue weighted by Crippen LogP contribution is 2.16. The fourth-order valence-electron chi connectivity index (χ4n) is 2.30. The van der Waals surface area contributed by atoms with Gasteiger partial charge in [0.2, 0.25) is 0 Å². The van der Waals surface area contributed by atoms with Crippen molar-refractivity contribution in [1.29, 1.82) is 0 Å². The number of hydrogen-bond donors (Lipinski definition) is 1. The maximum Gasteiger partial charge on any atom is 0.0747 e. The summed E-state index contributed by atoms with van der Waals surface area (Å²) in [7, 11) is 1.82. The Balaban J connectivity index is 2.52. The average Bonchev–Trinajstić information content (AvgIpc) is 2.79. The van der Waals surface area contributed by atoms with Gasteiger partial charge >= 0.3 is 0 Å². The van der Waals surface area contributed by atoms with Gasteiger partial charge in [0.15, 0.2) is 0 Å². The smallest absolute Gasteiger partial charge is 0.0747 e. The monoisotopic (exact) mass is 255 g/mol. The number of likely N-dealkylation sites (N-methyl/N-ethyl adjacent to an activating group) is 1. The quantitative estimate of drug-likeness (QED) is 0.769. The summed E-state index contributed by atoms with van der Waals surface area (Å²) in [5.74, 6) is 0.548. The van der Waals surface area contributed by atoms with Crippen molar-refractivity contribution in [1.82, 2.24) is 5.32 Å². The second kappa shape index (κ2) is 7.85. The molecule has 0 aliphatic rings. The summed E-state index contributed by atoms with van der Waals surface area (Å²) in [6, 6.07) is 2.66. The van der Waals surface area contributed by atoms with Gasteiger partial charge in [-0.25, -0.2) is 0 Å². The minimum atomic E-state index is 0.300. The predicted octanol–water partition coefficient (Wildman–Crippen LogP) is 3.33. The van der Waals surface area contributed by atoms with E-state index in [0.29, 0.717) is 18.1 Å². The molecule has 2 unspecified atom stereocenters. The Bertz CT molecular complexity index is 284. The summed E-state index contributed by atoms with van der Waals surface area (Å²) in [4.78, 5) is 0. The largest absolute Gasteiger partial charge is 0.380 e. The van der Waals surface area contributed by atoms with Gasteiger partial charge in [0.05, 0.1) is 6.10 Å². The SMILES string of the molecule is CCNC(CCc1ccsc1)C(OC)C(C)C. The zero-order chi connectivity index (χ0) is 12.7. The third-order valence-electron chi connectivity index (χ3n) is 3.12. The Morgan fingerprint density at radius 2 is 2.18 bits per heavy atom. The molecule has 0 radical (unpaired) electrons. The molecule has 0 aliphatic heterocycles. The summed E-state index contributed by atoms with van der Waals surface area (Å²) in [5, 5.41) is 7.94. The molecule has 2 nitrogen and oxygen atoms in total. The van der Waals surface area contributed by atoms with E-state index in [1.807, 2.05) is 7.11 Å². The minimum absolute atomic E-state index is 0.300. The van der Waals surface area contributed by atoms with Crippen molar-refractivity contribution in [2.45, 2.75) is 45.8 Å². The molecule has 0 bridgehead atoms. The van der Waals surface area contributed by atoms with Gasteiger partial charge < -0.3 is 10.1 Å². The first-order valence-electron chi connectivity index (χ1n) is 6.46. The van der Waals surface area contributed by atoms with Gasteiger partial charge in [-0.15, -0.1) is 0 Å². The number of thiophene rings is 1. The molecular weight excluding hydrogens is 230 g/mol. The Kier molecular flexibility index (Phi) is 6.78. The van der Waals surface area contributed by atoms with E-state index in [1.165, 1.54) is 5.56 Å². The van der Waals surface area contributed by atoms with E-state index < -0.39 is 0 Å². The lowest BCUT2D eigenvalue weighted by molar-refractivity contribution is 0.0312. The van der Waals surface area contributed by atoms with Crippen molar-refractivity contribution in [2.75, 3.05) is 13.7 Å². The first-order chi connectivity index (χ1) is 8.19. The molecule has 0 spiro atoms. The van der Waals surface area contributed by atoms with Crippen LogP contribution in [0.2, 0.25) is 0 Å². The van der Waals surface area contributed by atoms with Crippen LogP contribution in [0.4, 0.5) is 0 Å². The molecule has 0 fully saturated rings. The van der Waals surface area contributed by atoms with Gasteiger partial charge in [-0.1, -0.05) is 20.8 Å². The third-order valence-corrected chi connectivity index (χ3v) is 3.85. The van der Waals surface area contributed by atoms with Gasteiger partial charge in [0.1, 0.15) is 0 Å². The molecule has 2 atom stereocenters. The summed E-state index contributed by atoms with van der Waals surface area (Å²) in [6.45, 7) is 7.61. The number of rotatable bonds is 8. The maximum atomic E-state index is 5.64. The molecule has 3 heteroatoms. The summed E-state index contributed by atoms with van der Waals surface area (Å²) < 4.78 is 5.64. The van der Waals surface area contributed by atoms with E-state index in [4.69, 9.17) is 4.74 Å². The topological polar surface area (TPSA) is 21.3 Å². The van der Waals surface area contributed by atoms with Crippen LogP contribution in [0.15, 0.2) is 16.8 Å². The van der Waals surface area contributed by atoms with Crippen molar-refractivity contribution in [3.63, 3.8) is 0 Å². The van der Waals surface area contributed by atoms with Crippen LogP contribution in [0.1, 0.15) is 32.8 Å². The molecule has 1 rings (SSSR count). The van der Waals surface area contributed by atoms with Crippen molar-refractivity contribution < 1.29 is 4.74 Å². The van der Waals surface area contributed by atoms with Gasteiger partial charge in [0, 0.05) is 13.2 Å². The summed E-state index contributed by atoms with van der Waals surface area (Å²) >= 11 is 1.77. The number of aryl methyl sites for hydroxylation is 1. The molecule has 98 valence electrons. The molecule has 0 aromatic carbocycles. The first-order valence-corrected chi connectivity index (χ1v) is 7.40. The number of nitrogens with one attached hydrogen (secondary N) is 1. The van der Waals surface area contributed by atoms with Crippen molar-refractivity contribution >= 4 is 11.3 Å². The van der Waals surface area contributed by atoms with Crippen LogP contribution in [0, 0.1) is 5.92 Å². The highest BCUT2D eigenvalue weighted by atomic mass is 32.1. The lowest BCUT2D eigenvalue weighted by Gasteiger charge is -2.29. The van der Waals surface area contributed by atoms with E-state index in [2.05, 4.69) is 42.9 Å². The molecule has 0 saturated heterocycles. The molecule has 0 aliphatic carbocycles. The summed E-state index contributed by atoms with van der Waals surface area (Å²) in [5.41, 5.74) is 1.44. The van der Waals surface area contributed by atoms with E-state index in [0.717, 1.165) is 19.4 Å². The standard InChI is InChI=1S/C14H25NOS/c1-5-15-13(14(16-4)11(2)3)7-6-12-8-9-17-10-12/h8-11,13-15H,5-7H2,1-4H3. The molecule has 0 saturated carbocycles. The zero-order valence-corrected chi connectivity index (χ0v) is 12.2. The Hall–Kier alpha value is -0.380. The van der Waals surface area contributed by atoms with Gasteiger partial charge in [0.25, 0.3) is 0 Å². The van der Waals surface area contributed by atoms with Crippen LogP contribution in [-0.2, 0) is 11.2 Å². The fourth-order valence-corrected chi connectivity index (χ4v) is 3.01. The van der Waals surface area contributed by atoms with Crippen LogP contribution in [0.3, 0.4) is 0 Å². The lowest BCUT2D eigenvalue weighted by Crippen LogP contribution is -2.44. The van der Waals surface area contributed by atoms with E-state index in [9.17, 15) is 0 Å². The normalized spacial score (nSPS) is 15.1. The molecular formula is C14H25NOS. The van der Waals surface area contributed by atoms with Crippen LogP contribution in [0.5, 0.6) is 0 Å². The molecule has 1 aromatic heterocycles. The maximum absolute atomic E-state index is 5.64. The Morgan fingerprint density at radius 3 is 2.65 bits per heavy atom. The number of methoxy groups -OCH3 is 1. The van der Waals surface area contributed by atoms with Crippen molar-refractivity contribution in [3.05, 3.63) is 22.4 Å². The van der Waals surface area contributed by atoms with Crippen LogP contribution >= 0.6 is 11.3 Å². The van der Waals surface area contributed by atoms with Crippen LogP contribution < -0.4 is 5.32 Å². The predicted molar refractivity (Wildman–Crippen MR) is 75.7 cm³/mol. The van der Waals surface area contributed by atoms with Crippen molar-refractivity contribution in [3.8, 4) is 0 Å². The summed E-state index contributed by atoms with van der Waals surface area (Å²) in [6.07, 6.45) is 2.57. The van der Waals surface area contributed by atoms with E-state index in [1.54, 1.807) is 11.3 Å². The van der Waals surface area contributed by atoms with Crippen molar-refractivity contribution in [2.24, 2.45) is 5.92 Å². The molecule has 1 aromatic rings. The zero-order valence-electron chi connectivity index (χ0n) is 11.4. The lowest BCUT2D eigenvalue weighted by atomic mass is 9.94. The Labute approximate surface area is 109 Å². The Morgan fingerprint density at radius 1 is 1.41 bits per heavy atom. The average molecular weight is 255 g/mol. The van der Waals surface area contributed by atoms with Crippen LogP contribution in [-0.4, -0.2) is 25.8 Å². The molecule has 17 heavy (non-hydrogen) atoms. The van der Waals surface area contributed by atoms with Crippen LogP contribution in [0.25, 0.3) is 0 Å². The second-order valence-electron chi connectivity index (χ2n) is 4.78. The van der Waals surface area contributed by atoms with Gasteiger partial charge in [-0.05, 0) is 47.7 Å². The third kappa shape index (κ3) is 4.78. The molecule has 1 N–H and O–H groups in total. The van der Waals surface area contributed by atoms with E-state index in [-0.39, 0.29) is 0 Å². The van der Waals surface area contributed by atoms with Gasteiger partial charge in [-0.2, -0.15) is 11.3 Å².